The maximum atomic E-state index is 12.7. The number of anilines is 1. The summed E-state index contributed by atoms with van der Waals surface area (Å²) >= 11 is 0. The Morgan fingerprint density at radius 2 is 1.74 bits per heavy atom. The van der Waals surface area contributed by atoms with Gasteiger partial charge in [0.1, 0.15) is 5.75 Å². The molecule has 1 heterocycles. The maximum absolute atomic E-state index is 12.7. The molecular weight excluding hydrogens is 386 g/mol. The van der Waals surface area contributed by atoms with E-state index in [0.29, 0.717) is 24.5 Å². The largest absolute Gasteiger partial charge is 0.497 e. The monoisotopic (exact) mass is 415 g/mol. The Morgan fingerprint density at radius 1 is 1.03 bits per heavy atom. The molecule has 5 heteroatoms. The number of nitrogens with zero attached hydrogens (tertiary/aromatic N) is 2. The lowest BCUT2D eigenvalue weighted by molar-refractivity contribution is 0.0962. The topological polar surface area (TPSA) is 64.1 Å². The summed E-state index contributed by atoms with van der Waals surface area (Å²) in [7, 11) is 1.65. The van der Waals surface area contributed by atoms with Crippen LogP contribution >= 0.6 is 0 Å². The summed E-state index contributed by atoms with van der Waals surface area (Å²) in [6.07, 6.45) is 2.92. The summed E-state index contributed by atoms with van der Waals surface area (Å²) in [6.45, 7) is 7.23. The second-order valence-corrected chi connectivity index (χ2v) is 9.16. The number of carbonyl (C=O) groups is 1. The fourth-order valence-electron chi connectivity index (χ4n) is 3.95. The summed E-state index contributed by atoms with van der Waals surface area (Å²) in [5.74, 6) is 1.64. The van der Waals surface area contributed by atoms with Crippen LogP contribution in [-0.2, 0) is 18.4 Å². The van der Waals surface area contributed by atoms with Gasteiger partial charge >= 0.3 is 0 Å². The van der Waals surface area contributed by atoms with E-state index >= 15 is 0 Å². The molecule has 0 amide bonds. The molecule has 1 aromatic heterocycles. The number of ether oxygens (including phenoxy) is 1. The smallest absolute Gasteiger partial charge is 0.223 e. The lowest BCUT2D eigenvalue weighted by Crippen LogP contribution is -2.21. The van der Waals surface area contributed by atoms with Gasteiger partial charge in [-0.05, 0) is 46.6 Å². The third-order valence-corrected chi connectivity index (χ3v) is 5.90. The number of carbonyl (C=O) groups excluding carboxylic acids is 1. The molecule has 2 aromatic carbocycles. The first-order valence-electron chi connectivity index (χ1n) is 10.7. The van der Waals surface area contributed by atoms with Gasteiger partial charge in [-0.15, -0.1) is 0 Å². The molecule has 0 saturated heterocycles. The minimum absolute atomic E-state index is 0.116. The van der Waals surface area contributed by atoms with Crippen molar-refractivity contribution in [1.29, 1.82) is 0 Å². The molecular formula is C26H29N3O2. The van der Waals surface area contributed by atoms with Crippen molar-refractivity contribution in [2.75, 3.05) is 12.4 Å². The number of benzene rings is 2. The predicted molar refractivity (Wildman–Crippen MR) is 123 cm³/mol. The third-order valence-electron chi connectivity index (χ3n) is 5.90. The van der Waals surface area contributed by atoms with Crippen LogP contribution in [0.15, 0.2) is 54.7 Å². The molecule has 160 valence electrons. The second kappa shape index (κ2) is 8.50. The first-order valence-corrected chi connectivity index (χ1v) is 10.7. The van der Waals surface area contributed by atoms with Crippen molar-refractivity contribution < 1.29 is 9.53 Å². The standard InChI is InChI=1S/C26H29N3O2/c1-26(2,3)20-9-7-18(8-10-20)19-13-23-22(24(30)14-19)16-28-25(29-23)27-15-17-5-11-21(31-4)12-6-17/h5-12,16,19H,13-15H2,1-4H3,(H,27,28,29). The number of hydrogen-bond donors (Lipinski definition) is 1. The van der Waals surface area contributed by atoms with Gasteiger partial charge in [0.05, 0.1) is 18.4 Å². The highest BCUT2D eigenvalue weighted by atomic mass is 16.5. The number of nitrogens with one attached hydrogen (secondary N) is 1. The average Bonchev–Trinajstić information content (AvgIpc) is 2.77. The summed E-state index contributed by atoms with van der Waals surface area (Å²) in [5.41, 5.74) is 5.19. The van der Waals surface area contributed by atoms with E-state index in [9.17, 15) is 4.79 Å². The molecule has 0 spiro atoms. The van der Waals surface area contributed by atoms with Gasteiger partial charge in [-0.25, -0.2) is 9.97 Å². The van der Waals surface area contributed by atoms with Crippen molar-refractivity contribution >= 4 is 11.7 Å². The summed E-state index contributed by atoms with van der Waals surface area (Å²) in [5, 5.41) is 3.27. The van der Waals surface area contributed by atoms with Gasteiger partial charge in [-0.3, -0.25) is 4.79 Å². The Morgan fingerprint density at radius 3 is 2.39 bits per heavy atom. The van der Waals surface area contributed by atoms with Crippen molar-refractivity contribution in [2.45, 2.75) is 51.5 Å². The number of rotatable bonds is 5. The molecule has 1 aliphatic carbocycles. The number of aromatic nitrogens is 2. The van der Waals surface area contributed by atoms with Gasteiger partial charge in [-0.1, -0.05) is 57.2 Å². The van der Waals surface area contributed by atoms with Gasteiger partial charge < -0.3 is 10.1 Å². The van der Waals surface area contributed by atoms with Crippen LogP contribution in [-0.4, -0.2) is 22.9 Å². The van der Waals surface area contributed by atoms with E-state index in [4.69, 9.17) is 4.74 Å². The molecule has 0 saturated carbocycles. The molecule has 3 aromatic rings. The van der Waals surface area contributed by atoms with Crippen LogP contribution in [0.2, 0.25) is 0 Å². The van der Waals surface area contributed by atoms with E-state index in [0.717, 1.165) is 23.4 Å². The number of hydrogen-bond acceptors (Lipinski definition) is 5. The van der Waals surface area contributed by atoms with Crippen molar-refractivity contribution in [3.63, 3.8) is 0 Å². The summed E-state index contributed by atoms with van der Waals surface area (Å²) in [4.78, 5) is 21.8. The second-order valence-electron chi connectivity index (χ2n) is 9.16. The third kappa shape index (κ3) is 4.76. The Balaban J connectivity index is 1.48. The molecule has 1 N–H and O–H groups in total. The van der Waals surface area contributed by atoms with Gasteiger partial charge in [-0.2, -0.15) is 0 Å². The molecule has 5 nitrogen and oxygen atoms in total. The molecule has 1 atom stereocenters. The zero-order chi connectivity index (χ0) is 22.0. The SMILES string of the molecule is COc1ccc(CNc2ncc3c(n2)CC(c2ccc(C(C)(C)C)cc2)CC3=O)cc1. The molecule has 0 aliphatic heterocycles. The lowest BCUT2D eigenvalue weighted by Gasteiger charge is -2.25. The normalized spacial score (nSPS) is 16.0. The molecule has 0 radical (unpaired) electrons. The molecule has 0 bridgehead atoms. The first kappa shape index (κ1) is 21.0. The van der Waals surface area contributed by atoms with Crippen LogP contribution in [0.4, 0.5) is 5.95 Å². The zero-order valence-corrected chi connectivity index (χ0v) is 18.6. The van der Waals surface area contributed by atoms with Crippen LogP contribution in [0.1, 0.15) is 65.9 Å². The minimum atomic E-state index is 0.116. The van der Waals surface area contributed by atoms with Gasteiger partial charge in [0.2, 0.25) is 5.95 Å². The van der Waals surface area contributed by atoms with E-state index in [1.54, 1.807) is 13.3 Å². The maximum Gasteiger partial charge on any atom is 0.223 e. The lowest BCUT2D eigenvalue weighted by atomic mass is 9.80. The van der Waals surface area contributed by atoms with Crippen LogP contribution in [0.3, 0.4) is 0 Å². The highest BCUT2D eigenvalue weighted by molar-refractivity contribution is 5.98. The highest BCUT2D eigenvalue weighted by Crippen LogP contribution is 2.33. The van der Waals surface area contributed by atoms with E-state index in [-0.39, 0.29) is 17.1 Å². The van der Waals surface area contributed by atoms with E-state index < -0.39 is 0 Å². The molecule has 4 rings (SSSR count). The van der Waals surface area contributed by atoms with E-state index in [1.807, 2.05) is 24.3 Å². The van der Waals surface area contributed by atoms with E-state index in [1.165, 1.54) is 11.1 Å². The molecule has 1 aliphatic rings. The number of ketones is 1. The number of fused-ring (bicyclic) bond motifs is 1. The van der Waals surface area contributed by atoms with Gasteiger partial charge in [0.25, 0.3) is 0 Å². The van der Waals surface area contributed by atoms with Crippen LogP contribution < -0.4 is 10.1 Å². The average molecular weight is 416 g/mol. The molecule has 0 fully saturated rings. The highest BCUT2D eigenvalue weighted by Gasteiger charge is 2.28. The van der Waals surface area contributed by atoms with Gasteiger partial charge in [0, 0.05) is 19.2 Å². The fourth-order valence-corrected chi connectivity index (χ4v) is 3.95. The first-order chi connectivity index (χ1) is 14.8. The molecule has 31 heavy (non-hydrogen) atoms. The fraction of sp³-hybridized carbons (Fsp3) is 0.346. The Kier molecular flexibility index (Phi) is 5.77. The summed E-state index contributed by atoms with van der Waals surface area (Å²) in [6, 6.07) is 16.5. The number of methoxy groups -OCH3 is 1. The Labute approximate surface area is 183 Å². The van der Waals surface area contributed by atoms with E-state index in [2.05, 4.69) is 60.3 Å². The number of Topliss-reactive ketones (excluding diaryl/α,β-unsaturated/α-hetero) is 1. The minimum Gasteiger partial charge on any atom is -0.497 e. The van der Waals surface area contributed by atoms with Crippen molar-refractivity contribution in [2.24, 2.45) is 0 Å². The molecule has 1 unspecified atom stereocenters. The van der Waals surface area contributed by atoms with Crippen molar-refractivity contribution in [3.05, 3.63) is 82.7 Å². The Hall–Kier alpha value is -3.21. The predicted octanol–water partition coefficient (Wildman–Crippen LogP) is 5.31. The van der Waals surface area contributed by atoms with Crippen LogP contribution in [0.5, 0.6) is 5.75 Å². The quantitative estimate of drug-likeness (QED) is 0.612. The van der Waals surface area contributed by atoms with Crippen molar-refractivity contribution in [1.82, 2.24) is 9.97 Å². The summed E-state index contributed by atoms with van der Waals surface area (Å²) < 4.78 is 5.20. The van der Waals surface area contributed by atoms with Crippen molar-refractivity contribution in [3.8, 4) is 5.75 Å². The van der Waals surface area contributed by atoms with Crippen LogP contribution in [0, 0.1) is 0 Å². The zero-order valence-electron chi connectivity index (χ0n) is 18.6. The van der Waals surface area contributed by atoms with Crippen LogP contribution in [0.25, 0.3) is 0 Å². The Bertz CT molecular complexity index is 1070. The van der Waals surface area contributed by atoms with Gasteiger partial charge in [0.15, 0.2) is 5.78 Å².